The summed E-state index contributed by atoms with van der Waals surface area (Å²) in [4.78, 5) is 42.9. The molecule has 0 unspecified atom stereocenters. The van der Waals surface area contributed by atoms with Crippen molar-refractivity contribution in [1.82, 2.24) is 15.1 Å². The van der Waals surface area contributed by atoms with Gasteiger partial charge in [-0.05, 0) is 61.4 Å². The van der Waals surface area contributed by atoms with E-state index in [4.69, 9.17) is 16.3 Å². The minimum Gasteiger partial charge on any atom is -0.489 e. The third-order valence-corrected chi connectivity index (χ3v) is 7.56. The van der Waals surface area contributed by atoms with E-state index in [1.807, 2.05) is 35.2 Å². The molecule has 194 valence electrons. The van der Waals surface area contributed by atoms with Crippen LogP contribution < -0.4 is 10.1 Å². The number of carbonyl (C=O) groups excluding carboxylic acids is 3. The molecule has 0 aromatic heterocycles. The Morgan fingerprint density at radius 2 is 1.81 bits per heavy atom. The maximum atomic E-state index is 13.5. The molecule has 1 saturated heterocycles. The number of nitrogens with one attached hydrogen (secondary N) is 1. The Bertz CT molecular complexity index is 1180. The van der Waals surface area contributed by atoms with E-state index in [2.05, 4.69) is 11.4 Å². The third kappa shape index (κ3) is 6.52. The Kier molecular flexibility index (Phi) is 7.79. The molecule has 7 nitrogen and oxygen atoms in total. The number of para-hydroxylation sites is 1. The van der Waals surface area contributed by atoms with E-state index in [0.717, 1.165) is 24.8 Å². The molecule has 2 atom stereocenters. The van der Waals surface area contributed by atoms with E-state index in [0.29, 0.717) is 48.5 Å². The lowest BCUT2D eigenvalue weighted by molar-refractivity contribution is -0.134. The van der Waals surface area contributed by atoms with E-state index < -0.39 is 0 Å². The van der Waals surface area contributed by atoms with Crippen molar-refractivity contribution in [2.45, 2.75) is 38.3 Å². The molecule has 0 radical (unpaired) electrons. The number of ether oxygens (including phenoxy) is 1. The highest BCUT2D eigenvalue weighted by molar-refractivity contribution is 6.30. The van der Waals surface area contributed by atoms with Crippen LogP contribution in [0.25, 0.3) is 0 Å². The Morgan fingerprint density at radius 1 is 1.03 bits per heavy atom. The smallest absolute Gasteiger partial charge is 0.254 e. The van der Waals surface area contributed by atoms with E-state index in [1.54, 1.807) is 29.2 Å². The maximum Gasteiger partial charge on any atom is 0.254 e. The van der Waals surface area contributed by atoms with Gasteiger partial charge in [0.15, 0.2) is 0 Å². The molecular formula is C29H32ClN3O4. The van der Waals surface area contributed by atoms with Gasteiger partial charge in [0.25, 0.3) is 5.91 Å². The SMILES string of the molecule is O=C(C[C@@H]1CCN2C[C@@H]1C=CCOc1ccccc1CN(C(=O)c1ccc(Cl)cc1)CC2=O)NC1CC1. The second-order valence-corrected chi connectivity index (χ2v) is 10.5. The molecule has 3 amide bonds. The van der Waals surface area contributed by atoms with Gasteiger partial charge in [0.2, 0.25) is 11.8 Å². The molecule has 2 aliphatic heterocycles. The predicted octanol–water partition coefficient (Wildman–Crippen LogP) is 4.06. The summed E-state index contributed by atoms with van der Waals surface area (Å²) in [5, 5.41) is 3.63. The summed E-state index contributed by atoms with van der Waals surface area (Å²) in [5.41, 5.74) is 1.30. The first kappa shape index (κ1) is 25.3. The number of amides is 3. The Morgan fingerprint density at radius 3 is 2.59 bits per heavy atom. The summed E-state index contributed by atoms with van der Waals surface area (Å²) in [7, 11) is 0. The van der Waals surface area contributed by atoms with Crippen molar-refractivity contribution in [3.05, 3.63) is 76.8 Å². The zero-order valence-corrected chi connectivity index (χ0v) is 21.5. The Labute approximate surface area is 222 Å². The summed E-state index contributed by atoms with van der Waals surface area (Å²) in [5.74, 6) is 0.631. The monoisotopic (exact) mass is 521 g/mol. The quantitative estimate of drug-likeness (QED) is 0.615. The van der Waals surface area contributed by atoms with Crippen molar-refractivity contribution in [1.29, 1.82) is 0 Å². The van der Waals surface area contributed by atoms with Crippen molar-refractivity contribution in [3.8, 4) is 5.75 Å². The highest BCUT2D eigenvalue weighted by Gasteiger charge is 2.34. The van der Waals surface area contributed by atoms with Crippen LogP contribution in [-0.4, -0.2) is 59.8 Å². The van der Waals surface area contributed by atoms with Crippen molar-refractivity contribution in [2.75, 3.05) is 26.2 Å². The molecule has 3 aliphatic rings. The van der Waals surface area contributed by atoms with Crippen LogP contribution in [0.3, 0.4) is 0 Å². The summed E-state index contributed by atoms with van der Waals surface area (Å²) in [6, 6.07) is 14.6. The van der Waals surface area contributed by atoms with E-state index in [-0.39, 0.29) is 42.6 Å². The molecule has 8 heteroatoms. The van der Waals surface area contributed by atoms with Crippen LogP contribution in [0.5, 0.6) is 5.75 Å². The van der Waals surface area contributed by atoms with Crippen LogP contribution in [0, 0.1) is 11.8 Å². The number of fused-ring (bicyclic) bond motifs is 3. The first-order valence-corrected chi connectivity index (χ1v) is 13.3. The topological polar surface area (TPSA) is 79.0 Å². The summed E-state index contributed by atoms with van der Waals surface area (Å²) in [6.07, 6.45) is 7.39. The molecule has 2 heterocycles. The number of halogens is 1. The van der Waals surface area contributed by atoms with Gasteiger partial charge >= 0.3 is 0 Å². The number of hydrogen-bond donors (Lipinski definition) is 1. The molecule has 1 aliphatic carbocycles. The van der Waals surface area contributed by atoms with Crippen LogP contribution in [0.15, 0.2) is 60.7 Å². The number of piperidine rings is 1. The van der Waals surface area contributed by atoms with Crippen molar-refractivity contribution in [2.24, 2.45) is 11.8 Å². The minimum atomic E-state index is -0.240. The van der Waals surface area contributed by atoms with Gasteiger partial charge in [-0.15, -0.1) is 0 Å². The van der Waals surface area contributed by atoms with Crippen LogP contribution in [0.4, 0.5) is 0 Å². The molecule has 5 rings (SSSR count). The third-order valence-electron chi connectivity index (χ3n) is 7.31. The van der Waals surface area contributed by atoms with E-state index in [1.165, 1.54) is 0 Å². The van der Waals surface area contributed by atoms with Crippen molar-refractivity contribution in [3.63, 3.8) is 0 Å². The fraction of sp³-hybridized carbons (Fsp3) is 0.414. The number of hydrogen-bond acceptors (Lipinski definition) is 4. The maximum absolute atomic E-state index is 13.5. The van der Waals surface area contributed by atoms with Gasteiger partial charge in [-0.3, -0.25) is 14.4 Å². The number of nitrogens with zero attached hydrogens (tertiary/aromatic N) is 2. The average molecular weight is 522 g/mol. The molecule has 2 aromatic carbocycles. The molecule has 1 N–H and O–H groups in total. The van der Waals surface area contributed by atoms with Gasteiger partial charge in [0.05, 0.1) is 6.54 Å². The minimum absolute atomic E-state index is 0.0426. The standard InChI is InChI=1S/C29H32ClN3O4/c30-24-9-7-20(8-10-24)29(36)33-18-23-4-1-2-6-26(23)37-15-3-5-22-17-32(28(35)19-33)14-13-21(22)16-27(34)31-25-11-12-25/h1-10,21-22,25H,11-19H2,(H,31,34)/t21-,22-/m0/s1. The van der Waals surface area contributed by atoms with Gasteiger partial charge in [0, 0.05) is 41.7 Å². The molecule has 37 heavy (non-hydrogen) atoms. The summed E-state index contributed by atoms with van der Waals surface area (Å²) >= 11 is 6.02. The predicted molar refractivity (Wildman–Crippen MR) is 141 cm³/mol. The fourth-order valence-corrected chi connectivity index (χ4v) is 5.19. The lowest BCUT2D eigenvalue weighted by Crippen LogP contribution is -2.48. The van der Waals surface area contributed by atoms with Crippen LogP contribution >= 0.6 is 11.6 Å². The lowest BCUT2D eigenvalue weighted by atomic mass is 9.82. The second kappa shape index (κ2) is 11.4. The normalized spacial score (nSPS) is 22.1. The number of rotatable bonds is 4. The van der Waals surface area contributed by atoms with Gasteiger partial charge in [-0.1, -0.05) is 42.0 Å². The molecule has 1 saturated carbocycles. The van der Waals surface area contributed by atoms with Gasteiger partial charge in [-0.2, -0.15) is 0 Å². The van der Waals surface area contributed by atoms with Crippen molar-refractivity contribution >= 4 is 29.3 Å². The lowest BCUT2D eigenvalue weighted by Gasteiger charge is -2.38. The number of benzene rings is 2. The largest absolute Gasteiger partial charge is 0.489 e. The van der Waals surface area contributed by atoms with Crippen molar-refractivity contribution < 1.29 is 19.1 Å². The molecule has 2 bridgehead atoms. The zero-order valence-electron chi connectivity index (χ0n) is 20.8. The molecule has 0 spiro atoms. The summed E-state index contributed by atoms with van der Waals surface area (Å²) in [6.45, 7) is 1.66. The highest BCUT2D eigenvalue weighted by atomic mass is 35.5. The first-order valence-electron chi connectivity index (χ1n) is 13.0. The average Bonchev–Trinajstić information content (AvgIpc) is 3.71. The van der Waals surface area contributed by atoms with Gasteiger partial charge < -0.3 is 19.9 Å². The zero-order chi connectivity index (χ0) is 25.8. The van der Waals surface area contributed by atoms with Gasteiger partial charge in [-0.25, -0.2) is 0 Å². The Hall–Kier alpha value is -3.32. The fourth-order valence-electron chi connectivity index (χ4n) is 5.07. The first-order chi connectivity index (χ1) is 18.0. The second-order valence-electron chi connectivity index (χ2n) is 10.1. The van der Waals surface area contributed by atoms with Gasteiger partial charge in [0.1, 0.15) is 18.9 Å². The van der Waals surface area contributed by atoms with Crippen LogP contribution in [0.1, 0.15) is 41.6 Å². The molecule has 2 aromatic rings. The number of carbonyl (C=O) groups is 3. The van der Waals surface area contributed by atoms with E-state index in [9.17, 15) is 14.4 Å². The molecular weight excluding hydrogens is 490 g/mol. The van der Waals surface area contributed by atoms with Crippen LogP contribution in [0.2, 0.25) is 5.02 Å². The van der Waals surface area contributed by atoms with Crippen LogP contribution in [-0.2, 0) is 16.1 Å². The van der Waals surface area contributed by atoms with E-state index >= 15 is 0 Å². The Balaban J connectivity index is 1.39. The summed E-state index contributed by atoms with van der Waals surface area (Å²) < 4.78 is 6.07. The molecule has 2 fully saturated rings. The highest BCUT2D eigenvalue weighted by Crippen LogP contribution is 2.30.